The van der Waals surface area contributed by atoms with Crippen LogP contribution in [-0.2, 0) is 6.42 Å². The topological polar surface area (TPSA) is 79.4 Å². The summed E-state index contributed by atoms with van der Waals surface area (Å²) < 4.78 is 1.93. The van der Waals surface area contributed by atoms with E-state index in [1.165, 1.54) is 19.3 Å². The lowest BCUT2D eigenvalue weighted by Gasteiger charge is -2.29. The molecule has 1 fully saturated rings. The molecule has 2 atom stereocenters. The first kappa shape index (κ1) is 13.5. The molecule has 4 rings (SSSR count). The Bertz CT molecular complexity index is 887. The quantitative estimate of drug-likeness (QED) is 0.763. The number of aromatic nitrogens is 5. The van der Waals surface area contributed by atoms with E-state index in [4.69, 9.17) is 0 Å². The van der Waals surface area contributed by atoms with E-state index in [1.807, 2.05) is 4.57 Å². The van der Waals surface area contributed by atoms with Crippen molar-refractivity contribution in [2.24, 2.45) is 5.92 Å². The van der Waals surface area contributed by atoms with E-state index in [-0.39, 0.29) is 11.7 Å². The average molecular weight is 299 g/mol. The summed E-state index contributed by atoms with van der Waals surface area (Å²) in [4.78, 5) is 18.7. The minimum Gasteiger partial charge on any atom is -0.342 e. The number of rotatable bonds is 2. The molecule has 0 radical (unpaired) electrons. The van der Waals surface area contributed by atoms with Crippen LogP contribution in [0.25, 0.3) is 22.2 Å². The highest BCUT2D eigenvalue weighted by Gasteiger charge is 2.27. The standard InChI is InChI=1S/C16H21N5O/c1-3-10-8-11-13-15(20-19-14(11)17-10)18-16(22)21(13)12-7-5-4-6-9(12)2/h8-9,12H,3-7H2,1-2H3,(H,17,19)(H,18,20,22). The molecule has 1 aliphatic rings. The number of aryl methyl sites for hydroxylation is 1. The van der Waals surface area contributed by atoms with Gasteiger partial charge in [0, 0.05) is 17.1 Å². The smallest absolute Gasteiger partial charge is 0.328 e. The van der Waals surface area contributed by atoms with Crippen LogP contribution in [0, 0.1) is 5.92 Å². The average Bonchev–Trinajstić information content (AvgIpc) is 3.07. The Kier molecular flexibility index (Phi) is 3.06. The minimum atomic E-state index is -0.0604. The molecule has 0 saturated heterocycles. The van der Waals surface area contributed by atoms with Crippen LogP contribution < -0.4 is 5.69 Å². The highest BCUT2D eigenvalue weighted by molar-refractivity contribution is 5.99. The van der Waals surface area contributed by atoms with E-state index in [9.17, 15) is 4.79 Å². The van der Waals surface area contributed by atoms with E-state index >= 15 is 0 Å². The van der Waals surface area contributed by atoms with Crippen molar-refractivity contribution in [1.29, 1.82) is 0 Å². The van der Waals surface area contributed by atoms with Crippen molar-refractivity contribution < 1.29 is 0 Å². The maximum Gasteiger partial charge on any atom is 0.328 e. The zero-order valence-electron chi connectivity index (χ0n) is 13.0. The second-order valence-corrected chi connectivity index (χ2v) is 6.44. The van der Waals surface area contributed by atoms with Gasteiger partial charge in [-0.2, -0.15) is 0 Å². The molecular formula is C16H21N5O. The number of H-pyrrole nitrogens is 2. The van der Waals surface area contributed by atoms with Crippen LogP contribution in [0.3, 0.4) is 0 Å². The van der Waals surface area contributed by atoms with Gasteiger partial charge in [0.25, 0.3) is 0 Å². The first-order valence-electron chi connectivity index (χ1n) is 8.17. The zero-order chi connectivity index (χ0) is 15.3. The van der Waals surface area contributed by atoms with Crippen molar-refractivity contribution in [3.8, 4) is 0 Å². The summed E-state index contributed by atoms with van der Waals surface area (Å²) in [6, 6.07) is 2.35. The van der Waals surface area contributed by atoms with Gasteiger partial charge >= 0.3 is 5.69 Å². The van der Waals surface area contributed by atoms with Gasteiger partial charge in [-0.1, -0.05) is 26.7 Å². The Morgan fingerprint density at radius 3 is 2.77 bits per heavy atom. The highest BCUT2D eigenvalue weighted by atomic mass is 16.1. The Balaban J connectivity index is 2.02. The van der Waals surface area contributed by atoms with Crippen molar-refractivity contribution in [3.63, 3.8) is 0 Å². The van der Waals surface area contributed by atoms with Crippen LogP contribution in [0.2, 0.25) is 0 Å². The molecule has 3 aromatic heterocycles. The molecule has 1 aliphatic carbocycles. The molecule has 6 nitrogen and oxygen atoms in total. The molecular weight excluding hydrogens is 278 g/mol. The van der Waals surface area contributed by atoms with Crippen molar-refractivity contribution in [1.82, 2.24) is 24.7 Å². The molecule has 22 heavy (non-hydrogen) atoms. The fraction of sp³-hybridized carbons (Fsp3) is 0.562. The number of nitrogens with zero attached hydrogens (tertiary/aromatic N) is 3. The second-order valence-electron chi connectivity index (χ2n) is 6.44. The molecule has 2 unspecified atom stereocenters. The van der Waals surface area contributed by atoms with Crippen molar-refractivity contribution in [2.45, 2.75) is 52.0 Å². The lowest BCUT2D eigenvalue weighted by Crippen LogP contribution is -2.28. The largest absolute Gasteiger partial charge is 0.342 e. The highest BCUT2D eigenvalue weighted by Crippen LogP contribution is 2.35. The number of nitrogens with one attached hydrogen (secondary N) is 2. The van der Waals surface area contributed by atoms with E-state index in [1.54, 1.807) is 0 Å². The Morgan fingerprint density at radius 1 is 1.23 bits per heavy atom. The number of fused-ring (bicyclic) bond motifs is 3. The lowest BCUT2D eigenvalue weighted by molar-refractivity contribution is 0.258. The molecule has 0 aromatic carbocycles. The molecule has 0 spiro atoms. The van der Waals surface area contributed by atoms with E-state index in [2.05, 4.69) is 40.1 Å². The summed E-state index contributed by atoms with van der Waals surface area (Å²) in [7, 11) is 0. The number of hydrogen-bond donors (Lipinski definition) is 2. The number of hydrogen-bond acceptors (Lipinski definition) is 3. The van der Waals surface area contributed by atoms with Crippen LogP contribution >= 0.6 is 0 Å². The van der Waals surface area contributed by atoms with Crippen molar-refractivity contribution in [2.75, 3.05) is 0 Å². The molecule has 116 valence electrons. The summed E-state index contributed by atoms with van der Waals surface area (Å²) in [5, 5.41) is 9.41. The molecule has 0 bridgehead atoms. The predicted octanol–water partition coefficient (Wildman–Crippen LogP) is 2.91. The fourth-order valence-electron chi connectivity index (χ4n) is 3.81. The third-order valence-corrected chi connectivity index (χ3v) is 5.05. The van der Waals surface area contributed by atoms with Crippen LogP contribution in [-0.4, -0.2) is 24.7 Å². The van der Waals surface area contributed by atoms with Gasteiger partial charge in [0.05, 0.1) is 0 Å². The van der Waals surface area contributed by atoms with Crippen LogP contribution in [0.15, 0.2) is 10.9 Å². The summed E-state index contributed by atoms with van der Waals surface area (Å²) in [6.45, 7) is 4.35. The Hall–Kier alpha value is -2.11. The van der Waals surface area contributed by atoms with Gasteiger partial charge in [-0.25, -0.2) is 4.79 Å². The van der Waals surface area contributed by atoms with Crippen molar-refractivity contribution in [3.05, 3.63) is 22.2 Å². The predicted molar refractivity (Wildman–Crippen MR) is 86.1 cm³/mol. The van der Waals surface area contributed by atoms with Gasteiger partial charge < -0.3 is 4.98 Å². The monoisotopic (exact) mass is 299 g/mol. The summed E-state index contributed by atoms with van der Waals surface area (Å²) >= 11 is 0. The zero-order valence-corrected chi connectivity index (χ0v) is 13.0. The first-order chi connectivity index (χ1) is 10.7. The van der Waals surface area contributed by atoms with Crippen LogP contribution in [0.5, 0.6) is 0 Å². The van der Waals surface area contributed by atoms with Gasteiger partial charge in [0.15, 0.2) is 11.3 Å². The number of imidazole rings is 1. The van der Waals surface area contributed by atoms with Crippen LogP contribution in [0.4, 0.5) is 0 Å². The van der Waals surface area contributed by atoms with E-state index in [0.29, 0.717) is 11.6 Å². The summed E-state index contributed by atoms with van der Waals surface area (Å²) in [6.07, 6.45) is 5.59. The molecule has 0 aliphatic heterocycles. The van der Waals surface area contributed by atoms with Crippen molar-refractivity contribution >= 4 is 22.2 Å². The summed E-state index contributed by atoms with van der Waals surface area (Å²) in [5.74, 6) is 0.512. The van der Waals surface area contributed by atoms with Gasteiger partial charge in [-0.05, 0) is 31.2 Å². The summed E-state index contributed by atoms with van der Waals surface area (Å²) in [5.41, 5.74) is 3.32. The Labute approximate surface area is 127 Å². The maximum atomic E-state index is 12.5. The third kappa shape index (κ3) is 1.90. The molecule has 1 saturated carbocycles. The molecule has 2 N–H and O–H groups in total. The lowest BCUT2D eigenvalue weighted by atomic mass is 9.85. The number of aromatic amines is 2. The normalized spacial score (nSPS) is 22.6. The molecule has 0 amide bonds. The van der Waals surface area contributed by atoms with Gasteiger partial charge in [0.1, 0.15) is 5.52 Å². The van der Waals surface area contributed by atoms with Gasteiger partial charge in [-0.15, -0.1) is 10.2 Å². The van der Waals surface area contributed by atoms with Crippen LogP contribution in [0.1, 0.15) is 51.3 Å². The van der Waals surface area contributed by atoms with Gasteiger partial charge in [-0.3, -0.25) is 9.55 Å². The Morgan fingerprint density at radius 2 is 2.00 bits per heavy atom. The second kappa shape index (κ2) is 4.97. The van der Waals surface area contributed by atoms with E-state index < -0.39 is 0 Å². The SMILES string of the molecule is CCc1cc2c(nnc3[nH]c(=O)n(C4CCCCC4C)c32)[nH]1. The fourth-order valence-corrected chi connectivity index (χ4v) is 3.81. The minimum absolute atomic E-state index is 0.0604. The van der Waals surface area contributed by atoms with E-state index in [0.717, 1.165) is 35.1 Å². The maximum absolute atomic E-state index is 12.5. The van der Waals surface area contributed by atoms with Gasteiger partial charge in [0.2, 0.25) is 0 Å². The third-order valence-electron chi connectivity index (χ3n) is 5.05. The molecule has 6 heteroatoms. The molecule has 3 heterocycles. The first-order valence-corrected chi connectivity index (χ1v) is 8.17. The molecule has 3 aromatic rings.